The van der Waals surface area contributed by atoms with Crippen LogP contribution in [0.2, 0.25) is 5.02 Å². The van der Waals surface area contributed by atoms with Crippen molar-refractivity contribution in [3.63, 3.8) is 0 Å². The number of amides is 1. The summed E-state index contributed by atoms with van der Waals surface area (Å²) in [4.78, 5) is 11.1. The number of primary amides is 1. The van der Waals surface area contributed by atoms with Gasteiger partial charge in [0.2, 0.25) is 5.91 Å². The van der Waals surface area contributed by atoms with E-state index < -0.39 is 5.91 Å². The molecule has 0 unspecified atom stereocenters. The Kier molecular flexibility index (Phi) is 2.90. The van der Waals surface area contributed by atoms with Crippen LogP contribution in [0.5, 0.6) is 0 Å². The topological polar surface area (TPSA) is 60.9 Å². The highest BCUT2D eigenvalue weighted by Crippen LogP contribution is 2.22. The first-order valence-electron chi connectivity index (χ1n) is 5.12. The molecule has 0 aliphatic rings. The number of hydrogen-bond donors (Lipinski definition) is 1. The molecule has 0 aliphatic carbocycles. The summed E-state index contributed by atoms with van der Waals surface area (Å²) in [7, 11) is 0. The van der Waals surface area contributed by atoms with Crippen molar-refractivity contribution in [1.82, 2.24) is 9.78 Å². The van der Waals surface area contributed by atoms with Crippen LogP contribution in [0.3, 0.4) is 0 Å². The minimum absolute atomic E-state index is 0.450. The zero-order valence-corrected chi connectivity index (χ0v) is 10.3. The van der Waals surface area contributed by atoms with E-state index in [0.717, 1.165) is 17.1 Å². The smallest absolute Gasteiger partial charge is 0.248 e. The number of rotatable bonds is 2. The van der Waals surface area contributed by atoms with Crippen molar-refractivity contribution in [2.75, 3.05) is 0 Å². The zero-order valence-electron chi connectivity index (χ0n) is 9.57. The predicted molar refractivity (Wildman–Crippen MR) is 66.6 cm³/mol. The molecule has 0 atom stereocenters. The predicted octanol–water partition coefficient (Wildman–Crippen LogP) is 2.24. The van der Waals surface area contributed by atoms with Crippen LogP contribution in [0.15, 0.2) is 24.3 Å². The minimum Gasteiger partial charge on any atom is -0.366 e. The molecule has 0 saturated heterocycles. The number of carbonyl (C=O) groups is 1. The summed E-state index contributed by atoms with van der Waals surface area (Å²) in [5, 5.41) is 4.95. The minimum atomic E-state index is -0.459. The van der Waals surface area contributed by atoms with Gasteiger partial charge in [-0.25, -0.2) is 4.68 Å². The molecule has 4 nitrogen and oxygen atoms in total. The molecule has 2 aromatic rings. The second kappa shape index (κ2) is 4.22. The molecule has 88 valence electrons. The van der Waals surface area contributed by atoms with E-state index in [0.29, 0.717) is 10.6 Å². The molecule has 0 radical (unpaired) electrons. The van der Waals surface area contributed by atoms with Gasteiger partial charge in [0.25, 0.3) is 0 Å². The quantitative estimate of drug-likeness (QED) is 0.887. The zero-order chi connectivity index (χ0) is 12.6. The Hall–Kier alpha value is -1.81. The highest BCUT2D eigenvalue weighted by Gasteiger charge is 2.11. The fourth-order valence-corrected chi connectivity index (χ4v) is 1.78. The Balaban J connectivity index is 2.56. The molecule has 2 rings (SSSR count). The van der Waals surface area contributed by atoms with Gasteiger partial charge in [-0.15, -0.1) is 0 Å². The highest BCUT2D eigenvalue weighted by atomic mass is 35.5. The fourth-order valence-electron chi connectivity index (χ4n) is 1.67. The Labute approximate surface area is 104 Å². The third kappa shape index (κ3) is 2.03. The molecule has 1 heterocycles. The van der Waals surface area contributed by atoms with Crippen molar-refractivity contribution < 1.29 is 4.79 Å². The summed E-state index contributed by atoms with van der Waals surface area (Å²) in [6.45, 7) is 3.71. The van der Waals surface area contributed by atoms with Gasteiger partial charge in [0, 0.05) is 5.56 Å². The van der Waals surface area contributed by atoms with Crippen molar-refractivity contribution in [3.8, 4) is 5.69 Å². The molecule has 2 N–H and O–H groups in total. The van der Waals surface area contributed by atoms with Gasteiger partial charge in [-0.2, -0.15) is 5.10 Å². The SMILES string of the molecule is Cc1nn(-c2cccc(C(N)=O)c2)c(C)c1Cl. The molecule has 0 bridgehead atoms. The highest BCUT2D eigenvalue weighted by molar-refractivity contribution is 6.31. The van der Waals surface area contributed by atoms with Gasteiger partial charge in [-0.1, -0.05) is 17.7 Å². The molecule has 1 aromatic carbocycles. The first-order chi connectivity index (χ1) is 8.00. The van der Waals surface area contributed by atoms with Crippen LogP contribution >= 0.6 is 11.6 Å². The van der Waals surface area contributed by atoms with Crippen LogP contribution in [0.25, 0.3) is 5.69 Å². The summed E-state index contributed by atoms with van der Waals surface area (Å²) in [6.07, 6.45) is 0. The maximum Gasteiger partial charge on any atom is 0.248 e. The Morgan fingerprint density at radius 3 is 2.65 bits per heavy atom. The number of aryl methyl sites for hydroxylation is 1. The van der Waals surface area contributed by atoms with Gasteiger partial charge < -0.3 is 5.73 Å². The van der Waals surface area contributed by atoms with E-state index in [1.165, 1.54) is 0 Å². The average molecular weight is 250 g/mol. The van der Waals surface area contributed by atoms with Gasteiger partial charge in [-0.3, -0.25) is 4.79 Å². The fraction of sp³-hybridized carbons (Fsp3) is 0.167. The Morgan fingerprint density at radius 1 is 1.41 bits per heavy atom. The summed E-state index contributed by atoms with van der Waals surface area (Å²) < 4.78 is 1.70. The molecule has 1 amide bonds. The van der Waals surface area contributed by atoms with Crippen LogP contribution in [-0.2, 0) is 0 Å². The van der Waals surface area contributed by atoms with Gasteiger partial charge in [-0.05, 0) is 32.0 Å². The summed E-state index contributed by atoms with van der Waals surface area (Å²) in [5.41, 5.74) is 8.06. The van der Waals surface area contributed by atoms with Crippen molar-refractivity contribution in [2.24, 2.45) is 5.73 Å². The lowest BCUT2D eigenvalue weighted by molar-refractivity contribution is 0.100. The van der Waals surface area contributed by atoms with Crippen LogP contribution in [0.4, 0.5) is 0 Å². The third-order valence-electron chi connectivity index (χ3n) is 2.58. The second-order valence-electron chi connectivity index (χ2n) is 3.81. The number of hydrogen-bond acceptors (Lipinski definition) is 2. The molecule has 5 heteroatoms. The monoisotopic (exact) mass is 249 g/mol. The average Bonchev–Trinajstić information content (AvgIpc) is 2.57. The standard InChI is InChI=1S/C12H12ClN3O/c1-7-11(13)8(2)16(15-7)10-5-3-4-9(6-10)12(14)17/h3-6H,1-2H3,(H2,14,17). The van der Waals surface area contributed by atoms with Gasteiger partial charge in [0.15, 0.2) is 0 Å². The van der Waals surface area contributed by atoms with Crippen molar-refractivity contribution in [2.45, 2.75) is 13.8 Å². The lowest BCUT2D eigenvalue weighted by atomic mass is 10.2. The number of benzene rings is 1. The van der Waals surface area contributed by atoms with E-state index >= 15 is 0 Å². The normalized spacial score (nSPS) is 10.5. The number of nitrogens with two attached hydrogens (primary N) is 1. The van der Waals surface area contributed by atoms with E-state index in [1.54, 1.807) is 22.9 Å². The molecule has 0 aliphatic heterocycles. The molecule has 0 fully saturated rings. The van der Waals surface area contributed by atoms with Crippen LogP contribution in [0, 0.1) is 13.8 Å². The van der Waals surface area contributed by atoms with E-state index in [1.807, 2.05) is 19.9 Å². The maximum absolute atomic E-state index is 11.1. The number of aromatic nitrogens is 2. The van der Waals surface area contributed by atoms with E-state index in [2.05, 4.69) is 5.10 Å². The maximum atomic E-state index is 11.1. The Morgan fingerprint density at radius 2 is 2.12 bits per heavy atom. The summed E-state index contributed by atoms with van der Waals surface area (Å²) in [5.74, 6) is -0.459. The lowest BCUT2D eigenvalue weighted by Gasteiger charge is -2.05. The van der Waals surface area contributed by atoms with Crippen molar-refractivity contribution >= 4 is 17.5 Å². The first-order valence-corrected chi connectivity index (χ1v) is 5.50. The number of carbonyl (C=O) groups excluding carboxylic acids is 1. The number of halogens is 1. The van der Waals surface area contributed by atoms with E-state index in [-0.39, 0.29) is 0 Å². The van der Waals surface area contributed by atoms with Crippen LogP contribution < -0.4 is 5.73 Å². The molecular formula is C12H12ClN3O. The van der Waals surface area contributed by atoms with Gasteiger partial charge in [0.05, 0.1) is 22.1 Å². The molecule has 0 saturated carbocycles. The summed E-state index contributed by atoms with van der Waals surface area (Å²) >= 11 is 6.08. The second-order valence-corrected chi connectivity index (χ2v) is 4.19. The summed E-state index contributed by atoms with van der Waals surface area (Å²) in [6, 6.07) is 6.97. The third-order valence-corrected chi connectivity index (χ3v) is 3.13. The Bertz CT molecular complexity index is 589. The lowest BCUT2D eigenvalue weighted by Crippen LogP contribution is -2.11. The van der Waals surface area contributed by atoms with E-state index in [9.17, 15) is 4.79 Å². The van der Waals surface area contributed by atoms with Crippen LogP contribution in [-0.4, -0.2) is 15.7 Å². The van der Waals surface area contributed by atoms with Crippen molar-refractivity contribution in [3.05, 3.63) is 46.2 Å². The molecular weight excluding hydrogens is 238 g/mol. The van der Waals surface area contributed by atoms with E-state index in [4.69, 9.17) is 17.3 Å². The molecule has 0 spiro atoms. The van der Waals surface area contributed by atoms with Crippen molar-refractivity contribution in [1.29, 1.82) is 0 Å². The van der Waals surface area contributed by atoms with Crippen LogP contribution in [0.1, 0.15) is 21.7 Å². The van der Waals surface area contributed by atoms with Gasteiger partial charge in [0.1, 0.15) is 0 Å². The first kappa shape index (κ1) is 11.7. The largest absolute Gasteiger partial charge is 0.366 e. The molecule has 1 aromatic heterocycles. The van der Waals surface area contributed by atoms with Gasteiger partial charge >= 0.3 is 0 Å². The molecule has 17 heavy (non-hydrogen) atoms. The number of nitrogens with zero attached hydrogens (tertiary/aromatic N) is 2.